The van der Waals surface area contributed by atoms with Crippen molar-refractivity contribution in [3.63, 3.8) is 0 Å². The van der Waals surface area contributed by atoms with E-state index in [9.17, 15) is 0 Å². The van der Waals surface area contributed by atoms with Crippen molar-refractivity contribution < 1.29 is 0 Å². The van der Waals surface area contributed by atoms with E-state index < -0.39 is 0 Å². The molecule has 0 saturated carbocycles. The van der Waals surface area contributed by atoms with E-state index in [1.807, 2.05) is 24.3 Å². The van der Waals surface area contributed by atoms with Crippen LogP contribution >= 0.6 is 39.1 Å². The van der Waals surface area contributed by atoms with Gasteiger partial charge in [0, 0.05) is 12.3 Å². The van der Waals surface area contributed by atoms with Crippen LogP contribution in [0.15, 0.2) is 40.9 Å². The van der Waals surface area contributed by atoms with Crippen LogP contribution < -0.4 is 0 Å². The summed E-state index contributed by atoms with van der Waals surface area (Å²) in [5.41, 5.74) is 4.21. The molecule has 0 aliphatic carbocycles. The zero-order valence-electron chi connectivity index (χ0n) is 11.4. The van der Waals surface area contributed by atoms with Crippen LogP contribution in [0, 0.1) is 6.92 Å². The van der Waals surface area contributed by atoms with Crippen molar-refractivity contribution in [2.45, 2.75) is 13.3 Å². The summed E-state index contributed by atoms with van der Waals surface area (Å²) in [5.74, 6) is 1.47. The molecule has 1 heterocycles. The summed E-state index contributed by atoms with van der Waals surface area (Å²) in [6, 6.07) is 12.1. The molecule has 0 atom stereocenters. The van der Waals surface area contributed by atoms with Gasteiger partial charge in [0.25, 0.3) is 0 Å². The number of halogens is 3. The molecule has 2 nitrogen and oxygen atoms in total. The van der Waals surface area contributed by atoms with Crippen molar-refractivity contribution in [2.24, 2.45) is 0 Å². The Labute approximate surface area is 141 Å². The maximum atomic E-state index is 6.24. The molecule has 0 spiro atoms. The molecule has 108 valence electrons. The quantitative estimate of drug-likeness (QED) is 0.543. The summed E-state index contributed by atoms with van der Waals surface area (Å²) >= 11 is 15.7. The van der Waals surface area contributed by atoms with Crippen LogP contribution in [0.3, 0.4) is 0 Å². The Kier molecular flexibility index (Phi) is 4.25. The summed E-state index contributed by atoms with van der Waals surface area (Å²) in [7, 11) is 0. The standard InChI is InChI=1S/C16H13BrCl2N2/c1-10-5-6-12-14(9-10)21(15(20-12)7-8-18)13-4-2-3-11(19)16(13)17/h2-6,9H,7-8H2,1H3. The molecule has 1 aromatic heterocycles. The third-order valence-corrected chi connectivity index (χ3v) is 4.94. The second-order valence-corrected chi connectivity index (χ2v) is 6.45. The van der Waals surface area contributed by atoms with Gasteiger partial charge in [0.05, 0.1) is 26.2 Å². The predicted molar refractivity (Wildman–Crippen MR) is 92.9 cm³/mol. The highest BCUT2D eigenvalue weighted by Crippen LogP contribution is 2.32. The van der Waals surface area contributed by atoms with Crippen LogP contribution in [0.4, 0.5) is 0 Å². The highest BCUT2D eigenvalue weighted by Gasteiger charge is 2.15. The maximum Gasteiger partial charge on any atom is 0.115 e. The van der Waals surface area contributed by atoms with Gasteiger partial charge in [-0.15, -0.1) is 11.6 Å². The van der Waals surface area contributed by atoms with Crippen LogP contribution in [0.2, 0.25) is 5.02 Å². The highest BCUT2D eigenvalue weighted by molar-refractivity contribution is 9.10. The van der Waals surface area contributed by atoms with Crippen LogP contribution in [-0.4, -0.2) is 15.4 Å². The van der Waals surface area contributed by atoms with E-state index >= 15 is 0 Å². The molecule has 0 aliphatic heterocycles. The lowest BCUT2D eigenvalue weighted by Gasteiger charge is -2.12. The molecular formula is C16H13BrCl2N2. The van der Waals surface area contributed by atoms with Crippen LogP contribution in [-0.2, 0) is 6.42 Å². The van der Waals surface area contributed by atoms with Gasteiger partial charge in [-0.3, -0.25) is 4.57 Å². The third-order valence-electron chi connectivity index (χ3n) is 3.37. The first-order chi connectivity index (χ1) is 10.1. The Morgan fingerprint density at radius 1 is 1.24 bits per heavy atom. The number of nitrogens with zero attached hydrogens (tertiary/aromatic N) is 2. The van der Waals surface area contributed by atoms with Crippen molar-refractivity contribution in [1.29, 1.82) is 0 Å². The fourth-order valence-electron chi connectivity index (χ4n) is 2.42. The lowest BCUT2D eigenvalue weighted by Crippen LogP contribution is -2.03. The molecule has 2 aromatic carbocycles. The number of aryl methyl sites for hydroxylation is 2. The normalized spacial score (nSPS) is 11.2. The Morgan fingerprint density at radius 2 is 2.05 bits per heavy atom. The summed E-state index contributed by atoms with van der Waals surface area (Å²) in [6.07, 6.45) is 0.703. The average Bonchev–Trinajstić information content (AvgIpc) is 2.80. The van der Waals surface area contributed by atoms with Crippen LogP contribution in [0.25, 0.3) is 16.7 Å². The number of rotatable bonds is 3. The molecule has 0 bridgehead atoms. The predicted octanol–water partition coefficient (Wildman–Crippen LogP) is 5.53. The van der Waals surface area contributed by atoms with Gasteiger partial charge in [-0.25, -0.2) is 4.98 Å². The van der Waals surface area contributed by atoms with Gasteiger partial charge in [-0.2, -0.15) is 0 Å². The van der Waals surface area contributed by atoms with Gasteiger partial charge in [-0.05, 0) is 52.7 Å². The number of fused-ring (bicyclic) bond motifs is 1. The molecule has 0 unspecified atom stereocenters. The molecule has 0 amide bonds. The Morgan fingerprint density at radius 3 is 2.81 bits per heavy atom. The molecule has 3 rings (SSSR count). The second kappa shape index (κ2) is 5.99. The zero-order chi connectivity index (χ0) is 15.0. The van der Waals surface area contributed by atoms with Gasteiger partial charge >= 0.3 is 0 Å². The topological polar surface area (TPSA) is 17.8 Å². The van der Waals surface area contributed by atoms with E-state index in [2.05, 4.69) is 39.6 Å². The molecule has 0 aliphatic rings. The number of imidazole rings is 1. The minimum absolute atomic E-state index is 0.528. The van der Waals surface area contributed by atoms with E-state index in [1.165, 1.54) is 5.56 Å². The number of alkyl halides is 1. The number of hydrogen-bond acceptors (Lipinski definition) is 1. The van der Waals surface area contributed by atoms with Gasteiger partial charge in [0.2, 0.25) is 0 Å². The maximum absolute atomic E-state index is 6.24. The minimum Gasteiger partial charge on any atom is -0.295 e. The van der Waals surface area contributed by atoms with Crippen LogP contribution in [0.5, 0.6) is 0 Å². The van der Waals surface area contributed by atoms with Gasteiger partial charge < -0.3 is 0 Å². The second-order valence-electron chi connectivity index (χ2n) is 4.87. The van der Waals surface area contributed by atoms with E-state index in [0.29, 0.717) is 17.3 Å². The summed E-state index contributed by atoms with van der Waals surface area (Å²) in [4.78, 5) is 4.71. The van der Waals surface area contributed by atoms with Gasteiger partial charge in [0.1, 0.15) is 5.82 Å². The number of aromatic nitrogens is 2. The molecule has 5 heteroatoms. The van der Waals surface area contributed by atoms with E-state index in [-0.39, 0.29) is 0 Å². The largest absolute Gasteiger partial charge is 0.295 e. The zero-order valence-corrected chi connectivity index (χ0v) is 14.5. The first kappa shape index (κ1) is 14.9. The van der Waals surface area contributed by atoms with Crippen molar-refractivity contribution in [3.05, 3.63) is 57.3 Å². The summed E-state index contributed by atoms with van der Waals surface area (Å²) < 4.78 is 2.99. The van der Waals surface area contributed by atoms with Gasteiger partial charge in [0.15, 0.2) is 0 Å². The fourth-order valence-corrected chi connectivity index (χ4v) is 3.20. The monoisotopic (exact) mass is 382 g/mol. The summed E-state index contributed by atoms with van der Waals surface area (Å²) in [5, 5.41) is 0.679. The minimum atomic E-state index is 0.528. The molecule has 0 saturated heterocycles. The average molecular weight is 384 g/mol. The Hall–Kier alpha value is -1.03. The van der Waals surface area contributed by atoms with E-state index in [1.54, 1.807) is 0 Å². The third kappa shape index (κ3) is 2.70. The highest BCUT2D eigenvalue weighted by atomic mass is 79.9. The number of hydrogen-bond donors (Lipinski definition) is 0. The lowest BCUT2D eigenvalue weighted by atomic mass is 10.2. The van der Waals surface area contributed by atoms with E-state index in [0.717, 1.165) is 27.0 Å². The molecule has 21 heavy (non-hydrogen) atoms. The van der Waals surface area contributed by atoms with E-state index in [4.69, 9.17) is 28.2 Å². The summed E-state index contributed by atoms with van der Waals surface area (Å²) in [6.45, 7) is 2.07. The molecule has 0 N–H and O–H groups in total. The molecule has 0 fully saturated rings. The van der Waals surface area contributed by atoms with Crippen molar-refractivity contribution in [2.75, 3.05) is 5.88 Å². The Bertz CT molecular complexity index is 811. The Balaban J connectivity index is 2.35. The molecule has 0 radical (unpaired) electrons. The van der Waals surface area contributed by atoms with Crippen LogP contribution in [0.1, 0.15) is 11.4 Å². The van der Waals surface area contributed by atoms with Crippen molar-refractivity contribution in [1.82, 2.24) is 9.55 Å². The van der Waals surface area contributed by atoms with Crippen molar-refractivity contribution in [3.8, 4) is 5.69 Å². The first-order valence-electron chi connectivity index (χ1n) is 6.60. The lowest BCUT2D eigenvalue weighted by molar-refractivity contribution is 0.909. The van der Waals surface area contributed by atoms with Gasteiger partial charge in [-0.1, -0.05) is 23.7 Å². The first-order valence-corrected chi connectivity index (χ1v) is 8.30. The SMILES string of the molecule is Cc1ccc2nc(CCCl)n(-c3cccc(Cl)c3Br)c2c1. The fraction of sp³-hybridized carbons (Fsp3) is 0.188. The molecular weight excluding hydrogens is 371 g/mol. The molecule has 3 aromatic rings. The van der Waals surface area contributed by atoms with Crippen molar-refractivity contribution >= 4 is 50.2 Å². The smallest absolute Gasteiger partial charge is 0.115 e. The number of benzene rings is 2.